The minimum atomic E-state index is -3.48. The van der Waals surface area contributed by atoms with Crippen molar-refractivity contribution in [1.29, 1.82) is 0 Å². The van der Waals surface area contributed by atoms with Crippen LogP contribution >= 0.6 is 0 Å². The van der Waals surface area contributed by atoms with Crippen molar-refractivity contribution in [2.24, 2.45) is 5.73 Å². The molecule has 1 aromatic carbocycles. The summed E-state index contributed by atoms with van der Waals surface area (Å²) in [4.78, 5) is 13.7. The number of benzene rings is 1. The number of piperidine rings is 1. The third kappa shape index (κ3) is 8.17. The average molecular weight is 463 g/mol. The fourth-order valence-electron chi connectivity index (χ4n) is 3.16. The summed E-state index contributed by atoms with van der Waals surface area (Å²) in [6.07, 6.45) is 1.47. The van der Waals surface area contributed by atoms with E-state index >= 15 is 0 Å². The number of rotatable bonds is 11. The molecule has 1 heterocycles. The second-order valence-electron chi connectivity index (χ2n) is 7.60. The summed E-state index contributed by atoms with van der Waals surface area (Å²) >= 11 is 0. The summed E-state index contributed by atoms with van der Waals surface area (Å²) in [5.41, 5.74) is 5.63. The maximum atomic E-state index is 13.1. The monoisotopic (exact) mass is 462 g/mol. The number of ether oxygens (including phenoxy) is 1. The van der Waals surface area contributed by atoms with Gasteiger partial charge in [0.25, 0.3) is 5.92 Å². The number of alkyl halides is 2. The van der Waals surface area contributed by atoms with E-state index in [0.29, 0.717) is 31.3 Å². The van der Waals surface area contributed by atoms with Gasteiger partial charge in [0.1, 0.15) is 12.4 Å². The van der Waals surface area contributed by atoms with Crippen LogP contribution in [0.1, 0.15) is 38.5 Å². The largest absolute Gasteiger partial charge is 0.489 e. The molecule has 10 heteroatoms. The van der Waals surface area contributed by atoms with E-state index in [-0.39, 0.29) is 67.6 Å². The predicted octanol–water partition coefficient (Wildman–Crippen LogP) is 3.47. The quantitative estimate of drug-likeness (QED) is 0.509. The van der Waals surface area contributed by atoms with Gasteiger partial charge in [-0.3, -0.25) is 4.79 Å². The topological polar surface area (TPSA) is 89.7 Å². The first-order chi connectivity index (χ1) is 14.7. The van der Waals surface area contributed by atoms with Gasteiger partial charge in [0, 0.05) is 44.5 Å². The molecule has 0 aliphatic carbocycles. The van der Waals surface area contributed by atoms with Crippen molar-refractivity contribution in [3.8, 4) is 5.75 Å². The molecule has 0 saturated carbocycles. The normalized spacial score (nSPS) is 16.9. The summed E-state index contributed by atoms with van der Waals surface area (Å²) in [5, 5.41) is 0. The maximum absolute atomic E-state index is 13.1. The van der Waals surface area contributed by atoms with Gasteiger partial charge in [-0.05, 0) is 37.1 Å². The van der Waals surface area contributed by atoms with Gasteiger partial charge in [-0.25, -0.2) is 21.6 Å². The van der Waals surface area contributed by atoms with Gasteiger partial charge in [0.15, 0.2) is 9.84 Å². The Hall–Kier alpha value is -2.07. The van der Waals surface area contributed by atoms with Crippen molar-refractivity contribution < 1.29 is 31.1 Å². The van der Waals surface area contributed by atoms with E-state index in [1.807, 2.05) is 0 Å². The number of halogens is 3. The molecule has 0 radical (unpaired) electrons. The molecule has 1 amide bonds. The number of likely N-dealkylation sites (tertiary alicyclic amines) is 1. The Morgan fingerprint density at radius 1 is 1.13 bits per heavy atom. The van der Waals surface area contributed by atoms with Gasteiger partial charge >= 0.3 is 0 Å². The third-order valence-corrected chi connectivity index (χ3v) is 6.99. The SMILES string of the molecule is NC/C(=C\F)COc1ccc(S(=O)(=O)CCCCCC(=O)N2CCC(F)(F)CC2)cc1. The highest BCUT2D eigenvalue weighted by Gasteiger charge is 2.35. The number of carbonyl (C=O) groups excluding carboxylic acids is 1. The first-order valence-electron chi connectivity index (χ1n) is 10.3. The van der Waals surface area contributed by atoms with Crippen LogP contribution in [0, 0.1) is 0 Å². The van der Waals surface area contributed by atoms with Crippen LogP contribution in [0.15, 0.2) is 41.1 Å². The lowest BCUT2D eigenvalue weighted by atomic mass is 10.1. The Morgan fingerprint density at radius 2 is 1.77 bits per heavy atom. The smallest absolute Gasteiger partial charge is 0.251 e. The lowest BCUT2D eigenvalue weighted by molar-refractivity contribution is -0.137. The van der Waals surface area contributed by atoms with Crippen LogP contribution in [0.3, 0.4) is 0 Å². The second kappa shape index (κ2) is 11.5. The molecule has 0 atom stereocenters. The molecular weight excluding hydrogens is 433 g/mol. The Balaban J connectivity index is 1.71. The first kappa shape index (κ1) is 25.2. The molecule has 0 unspecified atom stereocenters. The van der Waals surface area contributed by atoms with E-state index in [1.54, 1.807) is 0 Å². The summed E-state index contributed by atoms with van der Waals surface area (Å²) in [6.45, 7) is 0.148. The van der Waals surface area contributed by atoms with Crippen LogP contribution in [-0.4, -0.2) is 57.1 Å². The highest BCUT2D eigenvalue weighted by Crippen LogP contribution is 2.28. The predicted molar refractivity (Wildman–Crippen MR) is 111 cm³/mol. The molecule has 0 spiro atoms. The minimum absolute atomic E-state index is 0.0162. The molecular formula is C21H29F3N2O4S. The van der Waals surface area contributed by atoms with Crippen LogP contribution in [0.25, 0.3) is 0 Å². The van der Waals surface area contributed by atoms with Crippen molar-refractivity contribution in [2.45, 2.75) is 49.3 Å². The average Bonchev–Trinajstić information content (AvgIpc) is 2.74. The fraction of sp³-hybridized carbons (Fsp3) is 0.571. The highest BCUT2D eigenvalue weighted by molar-refractivity contribution is 7.91. The standard InChI is InChI=1S/C21H29F3N2O4S/c22-14-17(15-25)16-30-18-5-7-19(8-6-18)31(28,29)13-3-1-2-4-20(27)26-11-9-21(23,24)10-12-26/h5-8,14H,1-4,9-13,15-16,25H2/b17-14+. The van der Waals surface area contributed by atoms with Crippen molar-refractivity contribution in [3.63, 3.8) is 0 Å². The second-order valence-corrected chi connectivity index (χ2v) is 9.71. The molecule has 2 N–H and O–H groups in total. The molecule has 174 valence electrons. The van der Waals surface area contributed by atoms with Crippen molar-refractivity contribution in [2.75, 3.05) is 32.0 Å². The van der Waals surface area contributed by atoms with Crippen LogP contribution in [-0.2, 0) is 14.6 Å². The zero-order chi connectivity index (χ0) is 22.9. The number of amides is 1. The van der Waals surface area contributed by atoms with Gasteiger partial charge in [-0.15, -0.1) is 0 Å². The maximum Gasteiger partial charge on any atom is 0.251 e. The van der Waals surface area contributed by atoms with Gasteiger partial charge in [-0.2, -0.15) is 0 Å². The van der Waals surface area contributed by atoms with Gasteiger partial charge in [0.05, 0.1) is 17.0 Å². The van der Waals surface area contributed by atoms with Crippen LogP contribution < -0.4 is 10.5 Å². The molecule has 1 aromatic rings. The summed E-state index contributed by atoms with van der Waals surface area (Å²) < 4.78 is 69.0. The fourth-order valence-corrected chi connectivity index (χ4v) is 4.53. The Bertz CT molecular complexity index is 848. The first-order valence-corrected chi connectivity index (χ1v) is 11.9. The molecule has 1 aliphatic heterocycles. The number of carbonyl (C=O) groups is 1. The van der Waals surface area contributed by atoms with E-state index in [0.717, 1.165) is 0 Å². The molecule has 1 aliphatic rings. The van der Waals surface area contributed by atoms with E-state index in [4.69, 9.17) is 10.5 Å². The number of unbranched alkanes of at least 4 members (excludes halogenated alkanes) is 2. The molecule has 6 nitrogen and oxygen atoms in total. The van der Waals surface area contributed by atoms with Crippen molar-refractivity contribution in [1.82, 2.24) is 4.90 Å². The number of nitrogens with zero attached hydrogens (tertiary/aromatic N) is 1. The van der Waals surface area contributed by atoms with Crippen LogP contribution in [0.4, 0.5) is 13.2 Å². The Morgan fingerprint density at radius 3 is 2.35 bits per heavy atom. The highest BCUT2D eigenvalue weighted by atomic mass is 32.2. The van der Waals surface area contributed by atoms with E-state index in [9.17, 15) is 26.4 Å². The molecule has 31 heavy (non-hydrogen) atoms. The van der Waals surface area contributed by atoms with Gasteiger partial charge < -0.3 is 15.4 Å². The van der Waals surface area contributed by atoms with Gasteiger partial charge in [0.2, 0.25) is 5.91 Å². The number of hydrogen-bond acceptors (Lipinski definition) is 5. The zero-order valence-electron chi connectivity index (χ0n) is 17.4. The molecule has 0 aromatic heterocycles. The van der Waals surface area contributed by atoms with Crippen molar-refractivity contribution >= 4 is 15.7 Å². The summed E-state index contributed by atoms with van der Waals surface area (Å²) in [5.74, 6) is -2.50. The van der Waals surface area contributed by atoms with E-state index in [2.05, 4.69) is 0 Å². The van der Waals surface area contributed by atoms with E-state index < -0.39 is 15.8 Å². The lowest BCUT2D eigenvalue weighted by Crippen LogP contribution is -2.42. The molecule has 1 fully saturated rings. The number of nitrogens with two attached hydrogens (primary N) is 1. The van der Waals surface area contributed by atoms with Crippen LogP contribution in [0.2, 0.25) is 0 Å². The van der Waals surface area contributed by atoms with Crippen molar-refractivity contribution in [3.05, 3.63) is 36.2 Å². The summed E-state index contributed by atoms with van der Waals surface area (Å²) in [7, 11) is -3.48. The molecule has 1 saturated heterocycles. The molecule has 2 rings (SSSR count). The Labute approximate surface area is 181 Å². The van der Waals surface area contributed by atoms with Gasteiger partial charge in [-0.1, -0.05) is 6.42 Å². The lowest BCUT2D eigenvalue weighted by Gasteiger charge is -2.31. The number of hydrogen-bond donors (Lipinski definition) is 1. The molecule has 0 bridgehead atoms. The van der Waals surface area contributed by atoms with E-state index in [1.165, 1.54) is 29.2 Å². The summed E-state index contributed by atoms with van der Waals surface area (Å²) in [6, 6.07) is 5.86. The Kier molecular flexibility index (Phi) is 9.36. The van der Waals surface area contributed by atoms with Crippen LogP contribution in [0.5, 0.6) is 5.75 Å². The third-order valence-electron chi connectivity index (χ3n) is 5.17. The zero-order valence-corrected chi connectivity index (χ0v) is 18.2. The number of sulfone groups is 1. The minimum Gasteiger partial charge on any atom is -0.489 e.